The highest BCUT2D eigenvalue weighted by Crippen LogP contribution is 2.37. The fourth-order valence-electron chi connectivity index (χ4n) is 4.31. The highest BCUT2D eigenvalue weighted by molar-refractivity contribution is 7.90. The molecule has 1 aliphatic rings. The van der Waals surface area contributed by atoms with E-state index in [1.165, 1.54) is 12.1 Å². The second kappa shape index (κ2) is 9.06. The van der Waals surface area contributed by atoms with Crippen LogP contribution in [-0.4, -0.2) is 36.4 Å². The summed E-state index contributed by atoms with van der Waals surface area (Å²) >= 11 is 0. The predicted molar refractivity (Wildman–Crippen MR) is 130 cm³/mol. The van der Waals surface area contributed by atoms with Gasteiger partial charge in [-0.05, 0) is 63.4 Å². The van der Waals surface area contributed by atoms with Gasteiger partial charge in [0.05, 0.1) is 5.56 Å². The van der Waals surface area contributed by atoms with E-state index in [4.69, 9.17) is 4.74 Å². The Labute approximate surface area is 200 Å². The molecule has 1 amide bonds. The van der Waals surface area contributed by atoms with E-state index >= 15 is 0 Å². The van der Waals surface area contributed by atoms with E-state index in [0.29, 0.717) is 17.5 Å². The van der Waals surface area contributed by atoms with Crippen LogP contribution in [0.4, 0.5) is 5.82 Å². The molecule has 1 unspecified atom stereocenters. The Hall–Kier alpha value is -3.46. The molecule has 9 heteroatoms. The molecule has 1 aliphatic heterocycles. The van der Waals surface area contributed by atoms with E-state index < -0.39 is 15.9 Å². The third kappa shape index (κ3) is 5.04. The summed E-state index contributed by atoms with van der Waals surface area (Å²) in [4.78, 5) is 23.7. The minimum absolute atomic E-state index is 0.106. The Morgan fingerprint density at radius 1 is 1.12 bits per heavy atom. The van der Waals surface area contributed by atoms with Crippen molar-refractivity contribution in [3.8, 4) is 11.6 Å². The number of nitrogens with zero attached hydrogens (tertiary/aromatic N) is 3. The Balaban J connectivity index is 1.57. The molecule has 1 atom stereocenters. The molecule has 0 aliphatic carbocycles. The van der Waals surface area contributed by atoms with Crippen LogP contribution in [0.2, 0.25) is 0 Å². The van der Waals surface area contributed by atoms with Gasteiger partial charge in [-0.15, -0.1) is 0 Å². The van der Waals surface area contributed by atoms with Crippen LogP contribution in [0.25, 0.3) is 0 Å². The number of carbonyl (C=O) groups is 1. The number of anilines is 1. The van der Waals surface area contributed by atoms with E-state index in [1.54, 1.807) is 36.5 Å². The summed E-state index contributed by atoms with van der Waals surface area (Å²) in [6, 6.07) is 14.9. The van der Waals surface area contributed by atoms with Crippen molar-refractivity contribution >= 4 is 21.7 Å². The highest BCUT2D eigenvalue weighted by Gasteiger charge is 2.39. The van der Waals surface area contributed by atoms with Gasteiger partial charge < -0.3 is 9.64 Å². The monoisotopic (exact) mass is 480 g/mol. The number of hydrogen-bond acceptors (Lipinski definition) is 7. The Morgan fingerprint density at radius 3 is 2.53 bits per heavy atom. The Kier molecular flexibility index (Phi) is 6.31. The molecule has 34 heavy (non-hydrogen) atoms. The molecule has 1 saturated heterocycles. The van der Waals surface area contributed by atoms with E-state index in [9.17, 15) is 13.2 Å². The maximum absolute atomic E-state index is 13.1. The molecule has 1 N–H and O–H groups in total. The minimum atomic E-state index is -4.25. The van der Waals surface area contributed by atoms with Crippen molar-refractivity contribution in [1.29, 1.82) is 0 Å². The molecule has 1 fully saturated rings. The van der Waals surface area contributed by atoms with Crippen LogP contribution in [0.15, 0.2) is 65.8 Å². The fourth-order valence-corrected chi connectivity index (χ4v) is 5.23. The number of pyridine rings is 2. The Morgan fingerprint density at radius 2 is 1.85 bits per heavy atom. The number of benzene rings is 1. The number of carbonyl (C=O) groups excluding carboxylic acids is 1. The summed E-state index contributed by atoms with van der Waals surface area (Å²) in [5, 5.41) is -0.314. The number of sulfonamides is 1. The quantitative estimate of drug-likeness (QED) is 0.561. The van der Waals surface area contributed by atoms with Crippen molar-refractivity contribution in [2.24, 2.45) is 5.92 Å². The van der Waals surface area contributed by atoms with Gasteiger partial charge in [0.15, 0.2) is 5.03 Å². The number of nitrogens with one attached hydrogen (secondary N) is 1. The molecule has 3 heterocycles. The lowest BCUT2D eigenvalue weighted by molar-refractivity contribution is 0.0981. The third-order valence-corrected chi connectivity index (χ3v) is 7.04. The molecule has 178 valence electrons. The van der Waals surface area contributed by atoms with Crippen molar-refractivity contribution in [2.75, 3.05) is 11.4 Å². The molecule has 0 bridgehead atoms. The van der Waals surface area contributed by atoms with Crippen LogP contribution in [0, 0.1) is 12.8 Å². The van der Waals surface area contributed by atoms with Crippen LogP contribution in [0.3, 0.4) is 0 Å². The Bertz CT molecular complexity index is 1310. The number of rotatable bonds is 6. The summed E-state index contributed by atoms with van der Waals surface area (Å²) < 4.78 is 33.8. The summed E-state index contributed by atoms with van der Waals surface area (Å²) in [6.45, 7) is 9.01. The molecule has 0 radical (unpaired) electrons. The molecule has 3 aromatic rings. The number of amides is 1. The number of hydrogen-bond donors (Lipinski definition) is 1. The van der Waals surface area contributed by atoms with Crippen LogP contribution < -0.4 is 14.4 Å². The van der Waals surface area contributed by atoms with Crippen LogP contribution in [-0.2, 0) is 10.0 Å². The lowest BCUT2D eigenvalue weighted by Crippen LogP contribution is -2.41. The molecular formula is C25H28N4O4S. The third-order valence-electron chi connectivity index (χ3n) is 5.80. The second-order valence-electron chi connectivity index (χ2n) is 9.27. The zero-order chi connectivity index (χ0) is 24.5. The minimum Gasteiger partial charge on any atom is -0.439 e. The van der Waals surface area contributed by atoms with E-state index in [-0.39, 0.29) is 22.0 Å². The van der Waals surface area contributed by atoms with E-state index in [1.807, 2.05) is 19.1 Å². The summed E-state index contributed by atoms with van der Waals surface area (Å²) in [6.07, 6.45) is 2.55. The number of ether oxygens (including phenoxy) is 1. The first-order valence-corrected chi connectivity index (χ1v) is 12.5. The van der Waals surface area contributed by atoms with Gasteiger partial charge in [-0.1, -0.05) is 30.7 Å². The second-order valence-corrected chi connectivity index (χ2v) is 10.9. The highest BCUT2D eigenvalue weighted by atomic mass is 32.2. The van der Waals surface area contributed by atoms with Crippen molar-refractivity contribution in [3.05, 3.63) is 71.9 Å². The predicted octanol–water partition coefficient (Wildman–Crippen LogP) is 4.32. The summed E-state index contributed by atoms with van der Waals surface area (Å²) in [5.41, 5.74) is 1.06. The molecule has 8 nitrogen and oxygen atoms in total. The summed E-state index contributed by atoms with van der Waals surface area (Å²) in [7, 11) is -4.25. The normalized spacial score (nSPS) is 17.4. The maximum Gasteiger partial charge on any atom is 0.281 e. The molecule has 4 rings (SSSR count). The molecule has 1 aromatic carbocycles. The van der Waals surface area contributed by atoms with Crippen molar-refractivity contribution in [2.45, 2.75) is 44.7 Å². The average Bonchev–Trinajstić information content (AvgIpc) is 3.07. The largest absolute Gasteiger partial charge is 0.439 e. The summed E-state index contributed by atoms with van der Waals surface area (Å²) in [5.74, 6) is 0.768. The van der Waals surface area contributed by atoms with Crippen molar-refractivity contribution < 1.29 is 17.9 Å². The maximum atomic E-state index is 13.1. The fraction of sp³-hybridized carbons (Fsp3) is 0.320. The van der Waals surface area contributed by atoms with Gasteiger partial charge >= 0.3 is 0 Å². The SMILES string of the molecule is Cc1ccc(Oc2cccc(S(=O)(=O)NC(=O)c3cccnc3N3CC(C)CC3(C)C)n2)cc1. The molecule has 0 spiro atoms. The van der Waals surface area contributed by atoms with E-state index in [2.05, 4.69) is 40.4 Å². The van der Waals surface area contributed by atoms with E-state index in [0.717, 1.165) is 18.5 Å². The van der Waals surface area contributed by atoms with Crippen LogP contribution in [0.5, 0.6) is 11.6 Å². The van der Waals surface area contributed by atoms with Crippen LogP contribution in [0.1, 0.15) is 43.1 Å². The lowest BCUT2D eigenvalue weighted by Gasteiger charge is -2.33. The van der Waals surface area contributed by atoms with Crippen LogP contribution >= 0.6 is 0 Å². The standard InChI is InChI=1S/C25H28N4O4S/c1-17-10-12-19(13-11-17)33-21-8-5-9-22(27-21)34(31,32)28-24(30)20-7-6-14-26-23(20)29-16-18(2)15-25(29,3)4/h5-14,18H,15-16H2,1-4H3,(H,28,30). The van der Waals surface area contributed by atoms with Crippen molar-refractivity contribution in [1.82, 2.24) is 14.7 Å². The smallest absolute Gasteiger partial charge is 0.281 e. The van der Waals surface area contributed by atoms with Gasteiger partial charge in [-0.3, -0.25) is 4.79 Å². The molecule has 2 aromatic heterocycles. The number of aryl methyl sites for hydroxylation is 1. The first kappa shape index (κ1) is 23.7. The van der Waals surface area contributed by atoms with Gasteiger partial charge in [0, 0.05) is 24.3 Å². The zero-order valence-electron chi connectivity index (χ0n) is 19.6. The van der Waals surface area contributed by atoms with Gasteiger partial charge in [0.25, 0.3) is 15.9 Å². The van der Waals surface area contributed by atoms with Gasteiger partial charge in [-0.25, -0.2) is 9.71 Å². The lowest BCUT2D eigenvalue weighted by atomic mass is 9.97. The van der Waals surface area contributed by atoms with Gasteiger partial charge in [0.1, 0.15) is 11.6 Å². The molecule has 0 saturated carbocycles. The van der Waals surface area contributed by atoms with Gasteiger partial charge in [0.2, 0.25) is 5.88 Å². The number of aromatic nitrogens is 2. The first-order valence-electron chi connectivity index (χ1n) is 11.1. The van der Waals surface area contributed by atoms with Gasteiger partial charge in [-0.2, -0.15) is 13.4 Å². The zero-order valence-corrected chi connectivity index (χ0v) is 20.5. The first-order chi connectivity index (χ1) is 16.0. The molecular weight excluding hydrogens is 452 g/mol. The topological polar surface area (TPSA) is 101 Å². The van der Waals surface area contributed by atoms with Crippen molar-refractivity contribution in [3.63, 3.8) is 0 Å². The average molecular weight is 481 g/mol.